The highest BCUT2D eigenvalue weighted by Crippen LogP contribution is 2.32. The van der Waals surface area contributed by atoms with Crippen LogP contribution in [0.3, 0.4) is 0 Å². The van der Waals surface area contributed by atoms with Crippen LogP contribution < -0.4 is 10.1 Å². The molecule has 1 aliphatic heterocycles. The number of nitrogens with one attached hydrogen (secondary N) is 1. The zero-order valence-electron chi connectivity index (χ0n) is 9.95. The molecule has 0 aromatic heterocycles. The van der Waals surface area contributed by atoms with Crippen LogP contribution in [0.4, 0.5) is 0 Å². The van der Waals surface area contributed by atoms with E-state index in [4.69, 9.17) is 4.74 Å². The molecule has 1 saturated heterocycles. The van der Waals surface area contributed by atoms with Gasteiger partial charge in [0, 0.05) is 6.42 Å². The topological polar surface area (TPSA) is 55.4 Å². The average Bonchev–Trinajstić information content (AvgIpc) is 2.55. The Bertz CT molecular complexity index is 452. The van der Waals surface area contributed by atoms with Gasteiger partial charge in [-0.05, 0) is 31.5 Å². The summed E-state index contributed by atoms with van der Waals surface area (Å²) in [4.78, 5) is 23.0. The summed E-state index contributed by atoms with van der Waals surface area (Å²) in [6, 6.07) is 7.31. The van der Waals surface area contributed by atoms with Crippen molar-refractivity contribution in [3.05, 3.63) is 29.8 Å². The van der Waals surface area contributed by atoms with Gasteiger partial charge < -0.3 is 4.74 Å². The summed E-state index contributed by atoms with van der Waals surface area (Å²) >= 11 is 0. The number of hydrogen-bond donors (Lipinski definition) is 1. The molecule has 4 nitrogen and oxygen atoms in total. The first-order valence-electron chi connectivity index (χ1n) is 5.64. The number of carbonyl (C=O) groups excluding carboxylic acids is 2. The molecule has 1 aliphatic rings. The molecule has 0 radical (unpaired) electrons. The molecule has 1 N–H and O–H groups in total. The van der Waals surface area contributed by atoms with Gasteiger partial charge in [0.1, 0.15) is 5.75 Å². The van der Waals surface area contributed by atoms with Crippen LogP contribution in [0.2, 0.25) is 0 Å². The molecular formula is C13H15NO3. The van der Waals surface area contributed by atoms with Crippen molar-refractivity contribution < 1.29 is 14.3 Å². The number of carbonyl (C=O) groups is 2. The lowest BCUT2D eigenvalue weighted by Gasteiger charge is -2.20. The smallest absolute Gasteiger partial charge is 0.237 e. The number of benzene rings is 1. The number of rotatable bonds is 3. The second-order valence-electron chi connectivity index (χ2n) is 4.34. The molecule has 0 spiro atoms. The molecular weight excluding hydrogens is 218 g/mol. The quantitative estimate of drug-likeness (QED) is 0.803. The van der Waals surface area contributed by atoms with E-state index in [1.165, 1.54) is 0 Å². The number of amides is 2. The van der Waals surface area contributed by atoms with Crippen LogP contribution in [0, 0.1) is 0 Å². The fraction of sp³-hybridized carbons (Fsp3) is 0.385. The van der Waals surface area contributed by atoms with Crippen LogP contribution >= 0.6 is 0 Å². The molecule has 0 bridgehead atoms. The Kier molecular flexibility index (Phi) is 2.88. The molecule has 1 aromatic carbocycles. The van der Waals surface area contributed by atoms with Crippen molar-refractivity contribution in [2.45, 2.75) is 25.7 Å². The van der Waals surface area contributed by atoms with Crippen LogP contribution in [0.25, 0.3) is 0 Å². The van der Waals surface area contributed by atoms with Gasteiger partial charge in [-0.2, -0.15) is 0 Å². The standard InChI is InChI=1S/C13H15NO3/c1-3-17-10-6-4-9(5-7-10)13(2)8-11(15)14-12(13)16/h4-7H,3,8H2,1-2H3,(H,14,15,16)/t13-/m1/s1. The Labute approximate surface area is 100.0 Å². The van der Waals surface area contributed by atoms with Gasteiger partial charge >= 0.3 is 0 Å². The highest BCUT2D eigenvalue weighted by molar-refractivity contribution is 6.08. The summed E-state index contributed by atoms with van der Waals surface area (Å²) in [6.07, 6.45) is 0.208. The Morgan fingerprint density at radius 2 is 1.94 bits per heavy atom. The van der Waals surface area contributed by atoms with Crippen molar-refractivity contribution in [3.63, 3.8) is 0 Å². The molecule has 4 heteroatoms. The minimum Gasteiger partial charge on any atom is -0.494 e. The van der Waals surface area contributed by atoms with Crippen LogP contribution in [-0.4, -0.2) is 18.4 Å². The van der Waals surface area contributed by atoms with E-state index < -0.39 is 5.41 Å². The zero-order valence-corrected chi connectivity index (χ0v) is 9.95. The first-order chi connectivity index (χ1) is 8.06. The van der Waals surface area contributed by atoms with Gasteiger partial charge in [-0.3, -0.25) is 14.9 Å². The van der Waals surface area contributed by atoms with E-state index >= 15 is 0 Å². The largest absolute Gasteiger partial charge is 0.494 e. The Morgan fingerprint density at radius 1 is 1.29 bits per heavy atom. The Hall–Kier alpha value is -1.84. The van der Waals surface area contributed by atoms with E-state index in [-0.39, 0.29) is 18.2 Å². The average molecular weight is 233 g/mol. The summed E-state index contributed by atoms with van der Waals surface area (Å²) < 4.78 is 5.34. The van der Waals surface area contributed by atoms with Crippen LogP contribution in [0.5, 0.6) is 5.75 Å². The molecule has 0 saturated carbocycles. The summed E-state index contributed by atoms with van der Waals surface area (Å²) in [7, 11) is 0. The number of imide groups is 1. The van der Waals surface area contributed by atoms with Gasteiger partial charge in [0.25, 0.3) is 0 Å². The van der Waals surface area contributed by atoms with Crippen LogP contribution in [0.1, 0.15) is 25.8 Å². The number of ether oxygens (including phenoxy) is 1. The van der Waals surface area contributed by atoms with Gasteiger partial charge in [0.15, 0.2) is 0 Å². The van der Waals surface area contributed by atoms with E-state index in [1.54, 1.807) is 6.92 Å². The summed E-state index contributed by atoms with van der Waals surface area (Å²) in [5.74, 6) is 0.322. The lowest BCUT2D eigenvalue weighted by Crippen LogP contribution is -2.32. The minimum atomic E-state index is -0.748. The van der Waals surface area contributed by atoms with Crippen molar-refractivity contribution in [1.82, 2.24) is 5.32 Å². The van der Waals surface area contributed by atoms with Crippen molar-refractivity contribution >= 4 is 11.8 Å². The maximum absolute atomic E-state index is 11.8. The third-order valence-electron chi connectivity index (χ3n) is 3.07. The number of hydrogen-bond acceptors (Lipinski definition) is 3. The molecule has 1 heterocycles. The molecule has 1 fully saturated rings. The van der Waals surface area contributed by atoms with Crippen molar-refractivity contribution in [3.8, 4) is 5.75 Å². The summed E-state index contributed by atoms with van der Waals surface area (Å²) in [6.45, 7) is 4.30. The van der Waals surface area contributed by atoms with Crippen molar-refractivity contribution in [2.75, 3.05) is 6.61 Å². The van der Waals surface area contributed by atoms with Gasteiger partial charge in [-0.1, -0.05) is 12.1 Å². The predicted molar refractivity (Wildman–Crippen MR) is 62.7 cm³/mol. The second-order valence-corrected chi connectivity index (χ2v) is 4.34. The van der Waals surface area contributed by atoms with E-state index in [2.05, 4.69) is 5.32 Å². The highest BCUT2D eigenvalue weighted by atomic mass is 16.5. The van der Waals surface area contributed by atoms with E-state index in [9.17, 15) is 9.59 Å². The molecule has 90 valence electrons. The first kappa shape index (κ1) is 11.6. The Balaban J connectivity index is 2.28. The summed E-state index contributed by atoms with van der Waals surface area (Å²) in [5, 5.41) is 2.34. The van der Waals surface area contributed by atoms with Crippen LogP contribution in [0.15, 0.2) is 24.3 Å². The van der Waals surface area contributed by atoms with E-state index in [0.29, 0.717) is 6.61 Å². The molecule has 2 amide bonds. The lowest BCUT2D eigenvalue weighted by atomic mass is 9.81. The minimum absolute atomic E-state index is 0.208. The molecule has 1 atom stereocenters. The van der Waals surface area contributed by atoms with Gasteiger partial charge in [-0.15, -0.1) is 0 Å². The van der Waals surface area contributed by atoms with Gasteiger partial charge in [0.2, 0.25) is 11.8 Å². The third kappa shape index (κ3) is 2.02. The van der Waals surface area contributed by atoms with Crippen molar-refractivity contribution in [2.24, 2.45) is 0 Å². The SMILES string of the molecule is CCOc1ccc([C@@]2(C)CC(=O)NC2=O)cc1. The fourth-order valence-electron chi connectivity index (χ4n) is 2.03. The zero-order chi connectivity index (χ0) is 12.5. The maximum Gasteiger partial charge on any atom is 0.237 e. The van der Waals surface area contributed by atoms with E-state index in [0.717, 1.165) is 11.3 Å². The van der Waals surface area contributed by atoms with Gasteiger partial charge in [0.05, 0.1) is 12.0 Å². The molecule has 2 rings (SSSR count). The van der Waals surface area contributed by atoms with Gasteiger partial charge in [-0.25, -0.2) is 0 Å². The molecule has 1 aromatic rings. The predicted octanol–water partition coefficient (Wildman–Crippen LogP) is 1.39. The second kappa shape index (κ2) is 4.20. The van der Waals surface area contributed by atoms with Crippen LogP contribution in [-0.2, 0) is 15.0 Å². The Morgan fingerprint density at radius 3 is 2.41 bits per heavy atom. The maximum atomic E-state index is 11.8. The fourth-order valence-corrected chi connectivity index (χ4v) is 2.03. The monoisotopic (exact) mass is 233 g/mol. The van der Waals surface area contributed by atoms with E-state index in [1.807, 2.05) is 31.2 Å². The third-order valence-corrected chi connectivity index (χ3v) is 3.07. The van der Waals surface area contributed by atoms with Crippen molar-refractivity contribution in [1.29, 1.82) is 0 Å². The first-order valence-corrected chi connectivity index (χ1v) is 5.64. The highest BCUT2D eigenvalue weighted by Gasteiger charge is 2.43. The molecule has 0 aliphatic carbocycles. The lowest BCUT2D eigenvalue weighted by molar-refractivity contribution is -0.126. The normalized spacial score (nSPS) is 23.6. The molecule has 0 unspecified atom stereocenters. The summed E-state index contributed by atoms with van der Waals surface area (Å²) in [5.41, 5.74) is 0.0891. The molecule has 17 heavy (non-hydrogen) atoms.